The number of nitrogens with one attached hydrogen (secondary N) is 2. The van der Waals surface area contributed by atoms with E-state index in [1.165, 1.54) is 17.4 Å². The number of carbonyl (C=O) groups excluding carboxylic acids is 2. The van der Waals surface area contributed by atoms with Crippen molar-refractivity contribution in [3.05, 3.63) is 74.0 Å². The Hall–Kier alpha value is -2.28. The number of hydrogen-bond donors (Lipinski definition) is 2. The van der Waals surface area contributed by atoms with Gasteiger partial charge in [0.25, 0.3) is 11.8 Å². The van der Waals surface area contributed by atoms with E-state index in [0.29, 0.717) is 26.9 Å². The molecule has 2 aromatic heterocycles. The van der Waals surface area contributed by atoms with Crippen LogP contribution in [0.4, 0.5) is 5.00 Å². The molecule has 8 heteroatoms. The van der Waals surface area contributed by atoms with Crippen LogP contribution >= 0.6 is 34.5 Å². The van der Waals surface area contributed by atoms with Gasteiger partial charge in [-0.25, -0.2) is 0 Å². The summed E-state index contributed by atoms with van der Waals surface area (Å²) in [6.45, 7) is 0.285. The fourth-order valence-electron chi connectivity index (χ4n) is 3.41. The minimum atomic E-state index is -0.370. The fourth-order valence-corrected chi connectivity index (χ4v) is 5.18. The Morgan fingerprint density at radius 2 is 1.93 bits per heavy atom. The molecular formula is C21H18Cl2N2O3S. The Bertz CT molecular complexity index is 1060. The summed E-state index contributed by atoms with van der Waals surface area (Å²) >= 11 is 13.5. The summed E-state index contributed by atoms with van der Waals surface area (Å²) < 4.78 is 5.28. The van der Waals surface area contributed by atoms with Crippen LogP contribution in [-0.4, -0.2) is 11.8 Å². The molecule has 4 rings (SSSR count). The second kappa shape index (κ2) is 8.61. The zero-order valence-corrected chi connectivity index (χ0v) is 17.7. The van der Waals surface area contributed by atoms with Gasteiger partial charge in [-0.05, 0) is 61.6 Å². The predicted octanol–water partition coefficient (Wildman–Crippen LogP) is 5.71. The molecule has 1 aromatic carbocycles. The van der Waals surface area contributed by atoms with Crippen molar-refractivity contribution < 1.29 is 14.0 Å². The van der Waals surface area contributed by atoms with E-state index < -0.39 is 0 Å². The zero-order chi connectivity index (χ0) is 20.4. The SMILES string of the molecule is O=C(Nc1sc2c(c1C(=O)NCc1ccco1)CCCC2)c1ccc(Cl)cc1Cl. The number of carbonyl (C=O) groups is 2. The van der Waals surface area contributed by atoms with Crippen LogP contribution in [0, 0.1) is 0 Å². The normalized spacial score (nSPS) is 13.0. The van der Waals surface area contributed by atoms with E-state index in [0.717, 1.165) is 36.1 Å². The molecule has 0 atom stereocenters. The van der Waals surface area contributed by atoms with Crippen molar-refractivity contribution in [2.24, 2.45) is 0 Å². The summed E-state index contributed by atoms with van der Waals surface area (Å²) in [5.74, 6) is 0.0737. The molecule has 1 aliphatic carbocycles. The van der Waals surface area contributed by atoms with E-state index in [1.807, 2.05) is 0 Å². The lowest BCUT2D eigenvalue weighted by Crippen LogP contribution is -2.25. The first kappa shape index (κ1) is 20.0. The van der Waals surface area contributed by atoms with Crippen LogP contribution in [-0.2, 0) is 19.4 Å². The van der Waals surface area contributed by atoms with E-state index in [-0.39, 0.29) is 23.4 Å². The summed E-state index contributed by atoms with van der Waals surface area (Å²) in [6.07, 6.45) is 5.41. The molecule has 2 heterocycles. The number of hydrogen-bond acceptors (Lipinski definition) is 4. The smallest absolute Gasteiger partial charge is 0.257 e. The highest BCUT2D eigenvalue weighted by atomic mass is 35.5. The summed E-state index contributed by atoms with van der Waals surface area (Å²) in [6, 6.07) is 8.28. The lowest BCUT2D eigenvalue weighted by atomic mass is 9.95. The average Bonchev–Trinajstić information content (AvgIpc) is 3.33. The van der Waals surface area contributed by atoms with Crippen LogP contribution < -0.4 is 10.6 Å². The van der Waals surface area contributed by atoms with Crippen LogP contribution in [0.15, 0.2) is 41.0 Å². The number of rotatable bonds is 5. The van der Waals surface area contributed by atoms with Crippen LogP contribution in [0.2, 0.25) is 10.0 Å². The molecule has 0 spiro atoms. The number of aryl methyl sites for hydroxylation is 1. The molecule has 1 aliphatic rings. The van der Waals surface area contributed by atoms with Gasteiger partial charge in [-0.3, -0.25) is 9.59 Å². The number of halogens is 2. The van der Waals surface area contributed by atoms with Gasteiger partial charge in [0.05, 0.1) is 29.0 Å². The minimum Gasteiger partial charge on any atom is -0.467 e. The first-order chi connectivity index (χ1) is 14.0. The third-order valence-electron chi connectivity index (χ3n) is 4.80. The average molecular weight is 449 g/mol. The fraction of sp³-hybridized carbons (Fsp3) is 0.238. The maximum absolute atomic E-state index is 13.0. The molecule has 0 saturated carbocycles. The van der Waals surface area contributed by atoms with Crippen LogP contribution in [0.25, 0.3) is 0 Å². The molecule has 5 nitrogen and oxygen atoms in total. The molecule has 3 aromatic rings. The van der Waals surface area contributed by atoms with Crippen molar-refractivity contribution in [3.8, 4) is 0 Å². The van der Waals surface area contributed by atoms with Crippen molar-refractivity contribution >= 4 is 51.4 Å². The van der Waals surface area contributed by atoms with Crippen molar-refractivity contribution in [1.29, 1.82) is 0 Å². The molecule has 0 saturated heterocycles. The van der Waals surface area contributed by atoms with Crippen LogP contribution in [0.1, 0.15) is 49.8 Å². The van der Waals surface area contributed by atoms with E-state index >= 15 is 0 Å². The largest absolute Gasteiger partial charge is 0.467 e. The molecule has 2 N–H and O–H groups in total. The number of amides is 2. The van der Waals surface area contributed by atoms with Crippen LogP contribution in [0.3, 0.4) is 0 Å². The van der Waals surface area contributed by atoms with Gasteiger partial charge in [0.15, 0.2) is 0 Å². The first-order valence-electron chi connectivity index (χ1n) is 9.24. The highest BCUT2D eigenvalue weighted by molar-refractivity contribution is 7.17. The Morgan fingerprint density at radius 3 is 2.69 bits per heavy atom. The zero-order valence-electron chi connectivity index (χ0n) is 15.4. The summed E-state index contributed by atoms with van der Waals surface area (Å²) in [4.78, 5) is 26.9. The first-order valence-corrected chi connectivity index (χ1v) is 10.8. The lowest BCUT2D eigenvalue weighted by Gasteiger charge is -2.13. The summed E-state index contributed by atoms with van der Waals surface area (Å²) in [5.41, 5.74) is 1.87. The molecule has 0 unspecified atom stereocenters. The Labute approximate surface area is 182 Å². The summed E-state index contributed by atoms with van der Waals surface area (Å²) in [5, 5.41) is 7.04. The maximum Gasteiger partial charge on any atom is 0.257 e. The minimum absolute atomic E-state index is 0.224. The van der Waals surface area contributed by atoms with Gasteiger partial charge in [0.1, 0.15) is 10.8 Å². The Kier molecular flexibility index (Phi) is 5.94. The van der Waals surface area contributed by atoms with Gasteiger partial charge < -0.3 is 15.1 Å². The van der Waals surface area contributed by atoms with E-state index in [9.17, 15) is 9.59 Å². The number of anilines is 1. The Balaban J connectivity index is 1.61. The van der Waals surface area contributed by atoms with Gasteiger partial charge in [0, 0.05) is 9.90 Å². The molecule has 0 radical (unpaired) electrons. The number of benzene rings is 1. The molecular weight excluding hydrogens is 431 g/mol. The van der Waals surface area contributed by atoms with E-state index in [4.69, 9.17) is 27.6 Å². The maximum atomic E-state index is 13.0. The summed E-state index contributed by atoms with van der Waals surface area (Å²) in [7, 11) is 0. The Morgan fingerprint density at radius 1 is 1.10 bits per heavy atom. The highest BCUT2D eigenvalue weighted by Gasteiger charge is 2.27. The lowest BCUT2D eigenvalue weighted by molar-refractivity contribution is 0.0948. The molecule has 29 heavy (non-hydrogen) atoms. The molecule has 2 amide bonds. The van der Waals surface area contributed by atoms with Gasteiger partial charge in [-0.15, -0.1) is 11.3 Å². The standard InChI is InChI=1S/C21H18Cl2N2O3S/c22-12-7-8-14(16(23)10-12)19(26)25-21-18(15-5-1-2-6-17(15)29-21)20(27)24-11-13-4-3-9-28-13/h3-4,7-10H,1-2,5-6,11H2,(H,24,27)(H,25,26). The number of fused-ring (bicyclic) bond motifs is 1. The van der Waals surface area contributed by atoms with Crippen LogP contribution in [0.5, 0.6) is 0 Å². The molecule has 0 aliphatic heterocycles. The number of furan rings is 1. The van der Waals surface area contributed by atoms with Crippen molar-refractivity contribution in [3.63, 3.8) is 0 Å². The van der Waals surface area contributed by atoms with Gasteiger partial charge in [-0.1, -0.05) is 23.2 Å². The van der Waals surface area contributed by atoms with Crippen molar-refractivity contribution in [2.75, 3.05) is 5.32 Å². The van der Waals surface area contributed by atoms with Crippen molar-refractivity contribution in [2.45, 2.75) is 32.2 Å². The second-order valence-electron chi connectivity index (χ2n) is 6.76. The molecule has 0 fully saturated rings. The predicted molar refractivity (Wildman–Crippen MR) is 115 cm³/mol. The van der Waals surface area contributed by atoms with Gasteiger partial charge in [-0.2, -0.15) is 0 Å². The van der Waals surface area contributed by atoms with Gasteiger partial charge in [0.2, 0.25) is 0 Å². The monoisotopic (exact) mass is 448 g/mol. The highest BCUT2D eigenvalue weighted by Crippen LogP contribution is 2.38. The van der Waals surface area contributed by atoms with E-state index in [2.05, 4.69) is 10.6 Å². The molecule has 150 valence electrons. The topological polar surface area (TPSA) is 71.3 Å². The van der Waals surface area contributed by atoms with Gasteiger partial charge >= 0.3 is 0 Å². The number of thiophene rings is 1. The van der Waals surface area contributed by atoms with Crippen molar-refractivity contribution in [1.82, 2.24) is 5.32 Å². The molecule has 0 bridgehead atoms. The third-order valence-corrected chi connectivity index (χ3v) is 6.56. The van der Waals surface area contributed by atoms with E-state index in [1.54, 1.807) is 30.5 Å². The second-order valence-corrected chi connectivity index (χ2v) is 8.70. The quantitative estimate of drug-likeness (QED) is 0.524. The third kappa shape index (κ3) is 4.34.